The lowest BCUT2D eigenvalue weighted by Crippen LogP contribution is -2.24. The lowest BCUT2D eigenvalue weighted by Gasteiger charge is -2.14. The van der Waals surface area contributed by atoms with Gasteiger partial charge in [0.15, 0.2) is 0 Å². The zero-order chi connectivity index (χ0) is 11.6. The third-order valence-corrected chi connectivity index (χ3v) is 2.74. The fourth-order valence-corrected chi connectivity index (χ4v) is 1.58. The lowest BCUT2D eigenvalue weighted by molar-refractivity contribution is 0.349. The first-order valence-electron chi connectivity index (χ1n) is 6.11. The minimum Gasteiger partial charge on any atom is -0.299 e. The summed E-state index contributed by atoms with van der Waals surface area (Å²) in [4.78, 5) is 6.79. The molecule has 0 aliphatic rings. The van der Waals surface area contributed by atoms with E-state index < -0.39 is 0 Å². The number of aliphatic imine (C=N–C) groups is 1. The van der Waals surface area contributed by atoms with Gasteiger partial charge in [-0.15, -0.1) is 0 Å². The highest BCUT2D eigenvalue weighted by atomic mass is 15.1. The summed E-state index contributed by atoms with van der Waals surface area (Å²) in [5, 5.41) is 0. The van der Waals surface area contributed by atoms with Crippen LogP contribution in [0, 0.1) is 0 Å². The molecule has 0 unspecified atom stereocenters. The molecule has 0 heterocycles. The molecular formula is C14H22N2. The smallest absolute Gasteiger partial charge is 0.0426 e. The van der Waals surface area contributed by atoms with Crippen molar-refractivity contribution in [1.82, 2.24) is 4.90 Å². The molecule has 1 aromatic carbocycles. The second-order valence-electron chi connectivity index (χ2n) is 3.81. The summed E-state index contributed by atoms with van der Waals surface area (Å²) < 4.78 is 0. The van der Waals surface area contributed by atoms with E-state index in [1.54, 1.807) is 0 Å². The topological polar surface area (TPSA) is 15.6 Å². The van der Waals surface area contributed by atoms with Crippen molar-refractivity contribution in [3.05, 3.63) is 35.9 Å². The minimum absolute atomic E-state index is 0.894. The van der Waals surface area contributed by atoms with Crippen LogP contribution in [0.4, 0.5) is 0 Å². The van der Waals surface area contributed by atoms with Gasteiger partial charge >= 0.3 is 0 Å². The number of hydrogen-bond donors (Lipinski definition) is 0. The first-order chi connectivity index (χ1) is 7.86. The molecular weight excluding hydrogens is 196 g/mol. The molecule has 0 saturated carbocycles. The van der Waals surface area contributed by atoms with E-state index in [1.807, 2.05) is 12.3 Å². The molecule has 1 aromatic rings. The largest absolute Gasteiger partial charge is 0.299 e. The van der Waals surface area contributed by atoms with Crippen LogP contribution in [0.5, 0.6) is 0 Å². The highest BCUT2D eigenvalue weighted by Gasteiger charge is 1.94. The van der Waals surface area contributed by atoms with Crippen LogP contribution in [0.3, 0.4) is 0 Å². The molecule has 0 N–H and O–H groups in total. The summed E-state index contributed by atoms with van der Waals surface area (Å²) in [6.45, 7) is 8.43. The summed E-state index contributed by atoms with van der Waals surface area (Å²) in [6, 6.07) is 10.5. The van der Waals surface area contributed by atoms with Crippen molar-refractivity contribution in [2.24, 2.45) is 4.99 Å². The molecule has 0 radical (unpaired) electrons. The molecule has 88 valence electrons. The first-order valence-corrected chi connectivity index (χ1v) is 6.11. The maximum absolute atomic E-state index is 4.44. The Morgan fingerprint density at radius 3 is 2.44 bits per heavy atom. The van der Waals surface area contributed by atoms with Gasteiger partial charge < -0.3 is 0 Å². The normalized spacial score (nSPS) is 11.4. The Morgan fingerprint density at radius 1 is 1.12 bits per heavy atom. The van der Waals surface area contributed by atoms with Gasteiger partial charge in [-0.1, -0.05) is 44.2 Å². The Bertz CT molecular complexity index is 289. The summed E-state index contributed by atoms with van der Waals surface area (Å²) in [5.74, 6) is 0. The molecule has 0 aliphatic carbocycles. The SMILES string of the molecule is CCN(CC)CC=NCCc1ccccc1. The Labute approximate surface area is 99.0 Å². The maximum atomic E-state index is 4.44. The molecule has 0 saturated heterocycles. The van der Waals surface area contributed by atoms with Crippen molar-refractivity contribution < 1.29 is 0 Å². The van der Waals surface area contributed by atoms with E-state index in [0.29, 0.717) is 0 Å². The Hall–Kier alpha value is -1.15. The molecule has 0 bridgehead atoms. The van der Waals surface area contributed by atoms with Gasteiger partial charge in [-0.05, 0) is 25.1 Å². The molecule has 0 amide bonds. The van der Waals surface area contributed by atoms with Crippen molar-refractivity contribution in [2.45, 2.75) is 20.3 Å². The van der Waals surface area contributed by atoms with Crippen LogP contribution in [0.25, 0.3) is 0 Å². The van der Waals surface area contributed by atoms with E-state index in [1.165, 1.54) is 5.56 Å². The zero-order valence-corrected chi connectivity index (χ0v) is 10.4. The van der Waals surface area contributed by atoms with Crippen molar-refractivity contribution in [2.75, 3.05) is 26.2 Å². The molecule has 1 rings (SSSR count). The molecule has 2 heteroatoms. The van der Waals surface area contributed by atoms with Gasteiger partial charge in [0, 0.05) is 19.3 Å². The quantitative estimate of drug-likeness (QED) is 0.642. The molecule has 0 fully saturated rings. The summed E-state index contributed by atoms with van der Waals surface area (Å²) in [5.41, 5.74) is 1.36. The predicted octanol–water partition coefficient (Wildman–Crippen LogP) is 2.64. The fraction of sp³-hybridized carbons (Fsp3) is 0.500. The van der Waals surface area contributed by atoms with Gasteiger partial charge in [-0.25, -0.2) is 0 Å². The van der Waals surface area contributed by atoms with Crippen molar-refractivity contribution >= 4 is 6.21 Å². The summed E-state index contributed by atoms with van der Waals surface area (Å²) in [6.07, 6.45) is 3.07. The third-order valence-electron chi connectivity index (χ3n) is 2.74. The van der Waals surface area contributed by atoms with Crippen LogP contribution in [0.2, 0.25) is 0 Å². The fourth-order valence-electron chi connectivity index (χ4n) is 1.58. The summed E-state index contributed by atoms with van der Waals surface area (Å²) in [7, 11) is 0. The first kappa shape index (κ1) is 12.9. The van der Waals surface area contributed by atoms with E-state index in [4.69, 9.17) is 0 Å². The van der Waals surface area contributed by atoms with Crippen molar-refractivity contribution in [3.63, 3.8) is 0 Å². The van der Waals surface area contributed by atoms with E-state index in [2.05, 4.69) is 48.0 Å². The van der Waals surface area contributed by atoms with Crippen LogP contribution in [0.15, 0.2) is 35.3 Å². The second kappa shape index (κ2) is 8.05. The van der Waals surface area contributed by atoms with Gasteiger partial charge in [0.05, 0.1) is 0 Å². The number of hydrogen-bond acceptors (Lipinski definition) is 2. The minimum atomic E-state index is 0.894. The van der Waals surface area contributed by atoms with E-state index >= 15 is 0 Å². The number of nitrogens with zero attached hydrogens (tertiary/aromatic N) is 2. The van der Waals surface area contributed by atoms with Crippen LogP contribution in [-0.4, -0.2) is 37.3 Å². The van der Waals surface area contributed by atoms with Crippen LogP contribution in [0.1, 0.15) is 19.4 Å². The van der Waals surface area contributed by atoms with Crippen LogP contribution >= 0.6 is 0 Å². The number of benzene rings is 1. The van der Waals surface area contributed by atoms with E-state index in [9.17, 15) is 0 Å². The molecule has 0 aromatic heterocycles. The molecule has 0 atom stereocenters. The molecule has 0 aliphatic heterocycles. The average Bonchev–Trinajstić information content (AvgIpc) is 2.35. The second-order valence-corrected chi connectivity index (χ2v) is 3.81. The van der Waals surface area contributed by atoms with Gasteiger partial charge in [0.25, 0.3) is 0 Å². The monoisotopic (exact) mass is 218 g/mol. The standard InChI is InChI=1S/C14H22N2/c1-3-16(4-2)13-12-15-11-10-14-8-6-5-7-9-14/h5-9,12H,3-4,10-11,13H2,1-2H3. The highest BCUT2D eigenvalue weighted by Crippen LogP contribution is 1.98. The highest BCUT2D eigenvalue weighted by molar-refractivity contribution is 5.59. The Morgan fingerprint density at radius 2 is 1.81 bits per heavy atom. The maximum Gasteiger partial charge on any atom is 0.0426 e. The van der Waals surface area contributed by atoms with Gasteiger partial charge in [0.2, 0.25) is 0 Å². The van der Waals surface area contributed by atoms with Gasteiger partial charge in [0.1, 0.15) is 0 Å². The van der Waals surface area contributed by atoms with E-state index in [-0.39, 0.29) is 0 Å². The van der Waals surface area contributed by atoms with Crippen LogP contribution < -0.4 is 0 Å². The predicted molar refractivity (Wildman–Crippen MR) is 71.3 cm³/mol. The molecule has 16 heavy (non-hydrogen) atoms. The molecule has 0 spiro atoms. The number of rotatable bonds is 7. The summed E-state index contributed by atoms with van der Waals surface area (Å²) >= 11 is 0. The van der Waals surface area contributed by atoms with Crippen molar-refractivity contribution in [3.8, 4) is 0 Å². The van der Waals surface area contributed by atoms with Gasteiger partial charge in [-0.2, -0.15) is 0 Å². The molecule has 2 nitrogen and oxygen atoms in total. The zero-order valence-electron chi connectivity index (χ0n) is 10.4. The van der Waals surface area contributed by atoms with Crippen LogP contribution in [-0.2, 0) is 6.42 Å². The average molecular weight is 218 g/mol. The van der Waals surface area contributed by atoms with E-state index in [0.717, 1.165) is 32.6 Å². The van der Waals surface area contributed by atoms with Gasteiger partial charge in [-0.3, -0.25) is 9.89 Å². The van der Waals surface area contributed by atoms with Crippen molar-refractivity contribution in [1.29, 1.82) is 0 Å². The Kier molecular flexibility index (Phi) is 6.50. The Balaban J connectivity index is 2.18. The lowest BCUT2D eigenvalue weighted by atomic mass is 10.2. The third kappa shape index (κ3) is 5.08.